The molecule has 2 aromatic rings. The summed E-state index contributed by atoms with van der Waals surface area (Å²) in [4.78, 5) is 12.0. The zero-order valence-electron chi connectivity index (χ0n) is 10.5. The summed E-state index contributed by atoms with van der Waals surface area (Å²) in [5.74, 6) is -2.16. The number of anilines is 1. The topological polar surface area (TPSA) is 55.1 Å². The second-order valence-corrected chi connectivity index (χ2v) is 5.49. The zero-order chi connectivity index (χ0) is 15.6. The second kappa shape index (κ2) is 6.28. The van der Waals surface area contributed by atoms with Crippen LogP contribution in [0.3, 0.4) is 0 Å². The number of hydrogen-bond donors (Lipinski definition) is 2. The van der Waals surface area contributed by atoms with Crippen LogP contribution < -0.4 is 11.1 Å². The van der Waals surface area contributed by atoms with Crippen LogP contribution in [0.4, 0.5) is 14.5 Å². The van der Waals surface area contributed by atoms with Crippen molar-refractivity contribution < 1.29 is 13.6 Å². The van der Waals surface area contributed by atoms with Gasteiger partial charge in [0.15, 0.2) is 0 Å². The predicted molar refractivity (Wildman–Crippen MR) is 84.3 cm³/mol. The van der Waals surface area contributed by atoms with Crippen molar-refractivity contribution in [3.63, 3.8) is 0 Å². The first-order valence-corrected chi connectivity index (χ1v) is 6.94. The lowest BCUT2D eigenvalue weighted by Gasteiger charge is -2.08. The molecule has 21 heavy (non-hydrogen) atoms. The molecule has 108 valence electrons. The Bertz CT molecular complexity index is 737. The van der Waals surface area contributed by atoms with Gasteiger partial charge in [-0.3, -0.25) is 4.79 Å². The highest BCUT2D eigenvalue weighted by Crippen LogP contribution is 2.20. The predicted octanol–water partition coefficient (Wildman–Crippen LogP) is 3.61. The molecule has 2 aromatic carbocycles. The largest absolute Gasteiger partial charge is 0.389 e. The molecule has 0 fully saturated rings. The van der Waals surface area contributed by atoms with Crippen LogP contribution in [0.5, 0.6) is 0 Å². The van der Waals surface area contributed by atoms with Crippen LogP contribution in [-0.4, -0.2) is 10.9 Å². The van der Waals surface area contributed by atoms with Crippen molar-refractivity contribution in [2.24, 2.45) is 5.73 Å². The first-order chi connectivity index (χ1) is 9.88. The lowest BCUT2D eigenvalue weighted by Crippen LogP contribution is -2.16. The molecule has 0 radical (unpaired) electrons. The molecule has 0 aliphatic rings. The summed E-state index contributed by atoms with van der Waals surface area (Å²) in [7, 11) is 0. The van der Waals surface area contributed by atoms with Crippen LogP contribution in [0.15, 0.2) is 40.9 Å². The highest BCUT2D eigenvalue weighted by Gasteiger charge is 2.14. The van der Waals surface area contributed by atoms with E-state index >= 15 is 0 Å². The van der Waals surface area contributed by atoms with Crippen LogP contribution in [0.25, 0.3) is 0 Å². The van der Waals surface area contributed by atoms with Gasteiger partial charge in [0.1, 0.15) is 16.6 Å². The number of rotatable bonds is 3. The summed E-state index contributed by atoms with van der Waals surface area (Å²) < 4.78 is 28.0. The zero-order valence-corrected chi connectivity index (χ0v) is 12.9. The molecule has 0 saturated carbocycles. The third-order valence-electron chi connectivity index (χ3n) is 2.67. The number of benzene rings is 2. The highest BCUT2D eigenvalue weighted by molar-refractivity contribution is 9.10. The number of thiocarbonyl (C=S) groups is 1. The maximum absolute atomic E-state index is 13.8. The average Bonchev–Trinajstić information content (AvgIpc) is 2.43. The summed E-state index contributed by atoms with van der Waals surface area (Å²) >= 11 is 7.87. The first-order valence-electron chi connectivity index (χ1n) is 5.74. The fraction of sp³-hybridized carbons (Fsp3) is 0. The number of hydrogen-bond acceptors (Lipinski definition) is 2. The van der Waals surface area contributed by atoms with Crippen molar-refractivity contribution in [1.82, 2.24) is 0 Å². The van der Waals surface area contributed by atoms with E-state index in [1.165, 1.54) is 24.3 Å². The fourth-order valence-electron chi connectivity index (χ4n) is 1.63. The van der Waals surface area contributed by atoms with Gasteiger partial charge in [-0.05, 0) is 36.4 Å². The van der Waals surface area contributed by atoms with E-state index in [2.05, 4.69) is 21.2 Å². The Hall–Kier alpha value is -1.86. The van der Waals surface area contributed by atoms with Gasteiger partial charge in [-0.25, -0.2) is 8.78 Å². The minimum atomic E-state index is -0.754. The number of nitrogens with two attached hydrogens (primary N) is 1. The summed E-state index contributed by atoms with van der Waals surface area (Å²) in [5.41, 5.74) is 5.45. The Kier molecular flexibility index (Phi) is 4.64. The molecule has 0 spiro atoms. The molecule has 3 N–H and O–H groups in total. The van der Waals surface area contributed by atoms with Crippen molar-refractivity contribution in [3.05, 3.63) is 63.6 Å². The Morgan fingerprint density at radius 2 is 1.86 bits per heavy atom. The van der Waals surface area contributed by atoms with Crippen molar-refractivity contribution in [2.75, 3.05) is 5.32 Å². The van der Waals surface area contributed by atoms with Crippen LogP contribution in [0.2, 0.25) is 0 Å². The number of nitrogens with one attached hydrogen (secondary N) is 1. The highest BCUT2D eigenvalue weighted by atomic mass is 79.9. The van der Waals surface area contributed by atoms with Gasteiger partial charge in [0, 0.05) is 10.0 Å². The first kappa shape index (κ1) is 15.5. The molecule has 2 rings (SSSR count). The van der Waals surface area contributed by atoms with E-state index in [-0.39, 0.29) is 16.2 Å². The molecule has 0 aromatic heterocycles. The van der Waals surface area contributed by atoms with E-state index in [0.29, 0.717) is 10.0 Å². The minimum Gasteiger partial charge on any atom is -0.389 e. The van der Waals surface area contributed by atoms with Crippen LogP contribution in [-0.2, 0) is 0 Å². The maximum atomic E-state index is 13.8. The third kappa shape index (κ3) is 3.62. The van der Waals surface area contributed by atoms with Crippen molar-refractivity contribution >= 4 is 44.7 Å². The smallest absolute Gasteiger partial charge is 0.258 e. The summed E-state index contributed by atoms with van der Waals surface area (Å²) in [5, 5.41) is 2.30. The van der Waals surface area contributed by atoms with E-state index in [9.17, 15) is 13.6 Å². The Morgan fingerprint density at radius 1 is 1.14 bits per heavy atom. The average molecular weight is 371 g/mol. The molecule has 0 aliphatic carbocycles. The lowest BCUT2D eigenvalue weighted by atomic mass is 10.1. The molecular weight excluding hydrogens is 362 g/mol. The van der Waals surface area contributed by atoms with Gasteiger partial charge in [0.25, 0.3) is 5.91 Å². The molecule has 0 saturated heterocycles. The van der Waals surface area contributed by atoms with Gasteiger partial charge >= 0.3 is 0 Å². The standard InChI is InChI=1S/C14H9BrF2N2OS/c15-8-2-3-10(16)9(6-8)14(20)19-12-4-1-7(13(18)21)5-11(12)17/h1-6H,(H2,18,21)(H,19,20). The van der Waals surface area contributed by atoms with Gasteiger partial charge < -0.3 is 11.1 Å². The quantitative estimate of drug-likeness (QED) is 0.811. The molecule has 0 heterocycles. The maximum Gasteiger partial charge on any atom is 0.258 e. The summed E-state index contributed by atoms with van der Waals surface area (Å²) in [6.07, 6.45) is 0. The normalized spacial score (nSPS) is 10.2. The monoisotopic (exact) mass is 370 g/mol. The molecule has 0 bridgehead atoms. The van der Waals surface area contributed by atoms with Gasteiger partial charge in [0.05, 0.1) is 11.3 Å². The van der Waals surface area contributed by atoms with Crippen LogP contribution in [0.1, 0.15) is 15.9 Å². The Labute approximate surface area is 133 Å². The molecule has 0 atom stereocenters. The van der Waals surface area contributed by atoms with E-state index < -0.39 is 17.5 Å². The van der Waals surface area contributed by atoms with Crippen LogP contribution >= 0.6 is 28.1 Å². The van der Waals surface area contributed by atoms with Gasteiger partial charge in [-0.1, -0.05) is 28.1 Å². The molecule has 7 heteroatoms. The molecule has 1 amide bonds. The Balaban J connectivity index is 2.27. The van der Waals surface area contributed by atoms with Crippen LogP contribution in [0, 0.1) is 11.6 Å². The second-order valence-electron chi connectivity index (χ2n) is 4.14. The number of amides is 1. The molecule has 3 nitrogen and oxygen atoms in total. The lowest BCUT2D eigenvalue weighted by molar-refractivity contribution is 0.102. The van der Waals surface area contributed by atoms with Crippen molar-refractivity contribution in [3.8, 4) is 0 Å². The fourth-order valence-corrected chi connectivity index (χ4v) is 2.12. The Morgan fingerprint density at radius 3 is 2.48 bits per heavy atom. The van der Waals surface area contributed by atoms with E-state index in [1.54, 1.807) is 0 Å². The van der Waals surface area contributed by atoms with Gasteiger partial charge in [-0.2, -0.15) is 0 Å². The van der Waals surface area contributed by atoms with E-state index in [1.807, 2.05) is 0 Å². The van der Waals surface area contributed by atoms with E-state index in [4.69, 9.17) is 18.0 Å². The molecule has 0 unspecified atom stereocenters. The minimum absolute atomic E-state index is 0.0461. The molecular formula is C14H9BrF2N2OS. The SMILES string of the molecule is NC(=S)c1ccc(NC(=O)c2cc(Br)ccc2F)c(F)c1. The van der Waals surface area contributed by atoms with Crippen molar-refractivity contribution in [1.29, 1.82) is 0 Å². The number of carbonyl (C=O) groups is 1. The van der Waals surface area contributed by atoms with Gasteiger partial charge in [0.2, 0.25) is 0 Å². The number of halogens is 3. The van der Waals surface area contributed by atoms with E-state index in [0.717, 1.165) is 12.1 Å². The van der Waals surface area contributed by atoms with Gasteiger partial charge in [-0.15, -0.1) is 0 Å². The summed E-state index contributed by atoms with van der Waals surface area (Å²) in [6, 6.07) is 7.81. The molecule has 0 aliphatic heterocycles. The third-order valence-corrected chi connectivity index (χ3v) is 3.40. The number of carbonyl (C=O) groups excluding carboxylic acids is 1. The van der Waals surface area contributed by atoms with Crippen molar-refractivity contribution in [2.45, 2.75) is 0 Å². The summed E-state index contributed by atoms with van der Waals surface area (Å²) in [6.45, 7) is 0.